The van der Waals surface area contributed by atoms with Gasteiger partial charge in [0.2, 0.25) is 0 Å². The van der Waals surface area contributed by atoms with E-state index in [2.05, 4.69) is 59.2 Å². The fourth-order valence-corrected chi connectivity index (χ4v) is 3.91. The molecule has 2 aromatic carbocycles. The normalized spacial score (nSPS) is 15.5. The zero-order valence-electron chi connectivity index (χ0n) is 13.6. The summed E-state index contributed by atoms with van der Waals surface area (Å²) < 4.78 is 2.49. The topological polar surface area (TPSA) is 17.8 Å². The van der Waals surface area contributed by atoms with Crippen LogP contribution in [0.15, 0.2) is 54.6 Å². The van der Waals surface area contributed by atoms with Gasteiger partial charge < -0.3 is 4.57 Å². The van der Waals surface area contributed by atoms with E-state index in [1.54, 1.807) is 0 Å². The van der Waals surface area contributed by atoms with E-state index in [9.17, 15) is 0 Å². The van der Waals surface area contributed by atoms with Crippen molar-refractivity contribution < 1.29 is 0 Å². The summed E-state index contributed by atoms with van der Waals surface area (Å²) in [5.74, 6) is 2.00. The minimum atomic E-state index is 0.666. The monoisotopic (exact) mass is 304 g/mol. The van der Waals surface area contributed by atoms with Crippen molar-refractivity contribution in [3.05, 3.63) is 66.0 Å². The summed E-state index contributed by atoms with van der Waals surface area (Å²) in [6.07, 6.45) is 7.64. The summed E-state index contributed by atoms with van der Waals surface area (Å²) in [4.78, 5) is 4.98. The van der Waals surface area contributed by atoms with E-state index in [4.69, 9.17) is 4.98 Å². The highest BCUT2D eigenvalue weighted by atomic mass is 15.1. The van der Waals surface area contributed by atoms with Crippen molar-refractivity contribution in [2.45, 2.75) is 51.0 Å². The van der Waals surface area contributed by atoms with Crippen LogP contribution in [0.4, 0.5) is 0 Å². The second-order valence-corrected chi connectivity index (χ2v) is 6.68. The minimum Gasteiger partial charge on any atom is -0.328 e. The second-order valence-electron chi connectivity index (χ2n) is 6.68. The van der Waals surface area contributed by atoms with Crippen molar-refractivity contribution in [1.82, 2.24) is 9.55 Å². The Hall–Kier alpha value is -2.09. The lowest BCUT2D eigenvalue weighted by atomic mass is 10.1. The molecule has 1 aliphatic carbocycles. The number of hydrogen-bond acceptors (Lipinski definition) is 1. The van der Waals surface area contributed by atoms with E-state index >= 15 is 0 Å². The van der Waals surface area contributed by atoms with E-state index < -0.39 is 0 Å². The molecule has 0 atom stereocenters. The molecule has 2 heteroatoms. The maximum absolute atomic E-state index is 4.98. The molecule has 0 amide bonds. The molecular weight excluding hydrogens is 280 g/mol. The summed E-state index contributed by atoms with van der Waals surface area (Å²) in [6, 6.07) is 19.4. The van der Waals surface area contributed by atoms with Gasteiger partial charge in [0.1, 0.15) is 5.82 Å². The summed E-state index contributed by atoms with van der Waals surface area (Å²) in [5.41, 5.74) is 3.90. The Kier molecular flexibility index (Phi) is 4.14. The molecule has 3 aromatic rings. The van der Waals surface area contributed by atoms with Crippen LogP contribution in [0.25, 0.3) is 11.0 Å². The van der Waals surface area contributed by atoms with Crippen LogP contribution in [0.2, 0.25) is 0 Å². The SMILES string of the molecule is c1ccc(CCCn2c(C3CCCC3)nc3ccccc32)cc1. The zero-order valence-corrected chi connectivity index (χ0v) is 13.6. The molecule has 0 radical (unpaired) electrons. The predicted octanol–water partition coefficient (Wildman–Crippen LogP) is 5.33. The lowest BCUT2D eigenvalue weighted by Crippen LogP contribution is -2.08. The highest BCUT2D eigenvalue weighted by molar-refractivity contribution is 5.76. The van der Waals surface area contributed by atoms with Crippen molar-refractivity contribution in [3.63, 3.8) is 0 Å². The van der Waals surface area contributed by atoms with Gasteiger partial charge in [0.25, 0.3) is 0 Å². The van der Waals surface area contributed by atoms with Gasteiger partial charge in [-0.15, -0.1) is 0 Å². The van der Waals surface area contributed by atoms with Crippen LogP contribution in [0, 0.1) is 0 Å². The third-order valence-corrected chi connectivity index (χ3v) is 5.09. The molecule has 1 saturated carbocycles. The quantitative estimate of drug-likeness (QED) is 0.623. The van der Waals surface area contributed by atoms with E-state index in [0.717, 1.165) is 18.5 Å². The standard InChI is InChI=1S/C21H24N2/c1-2-9-17(10-3-1)11-8-16-23-20-15-7-6-14-19(20)22-21(23)18-12-4-5-13-18/h1-3,6-7,9-10,14-15,18H,4-5,8,11-13,16H2. The summed E-state index contributed by atoms with van der Waals surface area (Å²) in [5, 5.41) is 0. The van der Waals surface area contributed by atoms with Crippen LogP contribution in [-0.2, 0) is 13.0 Å². The Morgan fingerprint density at radius 3 is 2.48 bits per heavy atom. The molecule has 2 nitrogen and oxygen atoms in total. The van der Waals surface area contributed by atoms with Gasteiger partial charge in [0.15, 0.2) is 0 Å². The second kappa shape index (κ2) is 6.57. The van der Waals surface area contributed by atoms with E-state index in [1.807, 2.05) is 0 Å². The Labute approximate surface area is 138 Å². The van der Waals surface area contributed by atoms with Crippen molar-refractivity contribution in [2.75, 3.05) is 0 Å². The first-order valence-electron chi connectivity index (χ1n) is 8.91. The third kappa shape index (κ3) is 3.03. The molecule has 4 rings (SSSR count). The molecule has 23 heavy (non-hydrogen) atoms. The Morgan fingerprint density at radius 2 is 1.65 bits per heavy atom. The van der Waals surface area contributed by atoms with Gasteiger partial charge >= 0.3 is 0 Å². The Bertz CT molecular complexity index is 767. The fraction of sp³-hybridized carbons (Fsp3) is 0.381. The molecule has 0 N–H and O–H groups in total. The number of para-hydroxylation sites is 2. The average molecular weight is 304 g/mol. The first-order chi connectivity index (χ1) is 11.4. The largest absolute Gasteiger partial charge is 0.328 e. The molecule has 0 bridgehead atoms. The molecule has 118 valence electrons. The Morgan fingerprint density at radius 1 is 0.913 bits per heavy atom. The molecule has 1 heterocycles. The number of benzene rings is 2. The summed E-state index contributed by atoms with van der Waals surface area (Å²) in [7, 11) is 0. The van der Waals surface area contributed by atoms with Gasteiger partial charge in [-0.2, -0.15) is 0 Å². The molecule has 0 unspecified atom stereocenters. The van der Waals surface area contributed by atoms with Gasteiger partial charge in [-0.3, -0.25) is 0 Å². The smallest absolute Gasteiger partial charge is 0.112 e. The van der Waals surface area contributed by atoms with Crippen molar-refractivity contribution in [2.24, 2.45) is 0 Å². The lowest BCUT2D eigenvalue weighted by Gasteiger charge is -2.13. The minimum absolute atomic E-state index is 0.666. The van der Waals surface area contributed by atoms with Gasteiger partial charge in [-0.05, 0) is 43.4 Å². The van der Waals surface area contributed by atoms with Crippen molar-refractivity contribution in [1.29, 1.82) is 0 Å². The fourth-order valence-electron chi connectivity index (χ4n) is 3.91. The molecule has 1 fully saturated rings. The number of aromatic nitrogens is 2. The van der Waals surface area contributed by atoms with Crippen LogP contribution in [0.5, 0.6) is 0 Å². The molecule has 0 saturated heterocycles. The maximum atomic E-state index is 4.98. The molecule has 0 spiro atoms. The zero-order chi connectivity index (χ0) is 15.5. The van der Waals surface area contributed by atoms with Crippen LogP contribution >= 0.6 is 0 Å². The highest BCUT2D eigenvalue weighted by Gasteiger charge is 2.23. The van der Waals surface area contributed by atoms with Gasteiger partial charge in [0, 0.05) is 12.5 Å². The van der Waals surface area contributed by atoms with Crippen molar-refractivity contribution >= 4 is 11.0 Å². The first kappa shape index (κ1) is 14.5. The van der Waals surface area contributed by atoms with E-state index in [1.165, 1.54) is 49.0 Å². The molecule has 0 aliphatic heterocycles. The van der Waals surface area contributed by atoms with Crippen LogP contribution < -0.4 is 0 Å². The predicted molar refractivity (Wildman–Crippen MR) is 95.7 cm³/mol. The van der Waals surface area contributed by atoms with E-state index in [-0.39, 0.29) is 0 Å². The number of nitrogens with zero attached hydrogens (tertiary/aromatic N) is 2. The first-order valence-corrected chi connectivity index (χ1v) is 8.91. The molecule has 1 aromatic heterocycles. The number of aryl methyl sites for hydroxylation is 2. The van der Waals surface area contributed by atoms with Gasteiger partial charge in [-0.25, -0.2) is 4.98 Å². The van der Waals surface area contributed by atoms with Gasteiger partial charge in [-0.1, -0.05) is 55.3 Å². The summed E-state index contributed by atoms with van der Waals surface area (Å²) in [6.45, 7) is 1.07. The lowest BCUT2D eigenvalue weighted by molar-refractivity contribution is 0.571. The third-order valence-electron chi connectivity index (χ3n) is 5.09. The van der Waals surface area contributed by atoms with Crippen LogP contribution in [0.1, 0.15) is 49.4 Å². The van der Waals surface area contributed by atoms with E-state index in [0.29, 0.717) is 5.92 Å². The number of fused-ring (bicyclic) bond motifs is 1. The number of hydrogen-bond donors (Lipinski definition) is 0. The average Bonchev–Trinajstić information content (AvgIpc) is 3.24. The summed E-state index contributed by atoms with van der Waals surface area (Å²) >= 11 is 0. The van der Waals surface area contributed by atoms with Crippen LogP contribution in [-0.4, -0.2) is 9.55 Å². The van der Waals surface area contributed by atoms with Crippen molar-refractivity contribution in [3.8, 4) is 0 Å². The number of rotatable bonds is 5. The molecular formula is C21H24N2. The van der Waals surface area contributed by atoms with Crippen LogP contribution in [0.3, 0.4) is 0 Å². The Balaban J connectivity index is 1.58. The number of imidazole rings is 1. The van der Waals surface area contributed by atoms with Gasteiger partial charge in [0.05, 0.1) is 11.0 Å². The maximum Gasteiger partial charge on any atom is 0.112 e. The molecule has 1 aliphatic rings. The highest BCUT2D eigenvalue weighted by Crippen LogP contribution is 2.35.